The summed E-state index contributed by atoms with van der Waals surface area (Å²) in [4.78, 5) is 25.4. The Morgan fingerprint density at radius 1 is 1.45 bits per heavy atom. The Morgan fingerprint density at radius 3 is 2.45 bits per heavy atom. The van der Waals surface area contributed by atoms with Crippen molar-refractivity contribution < 1.29 is 19.4 Å². The van der Waals surface area contributed by atoms with Crippen LogP contribution in [-0.4, -0.2) is 53.2 Å². The molecule has 0 bridgehead atoms. The van der Waals surface area contributed by atoms with Crippen molar-refractivity contribution in [1.82, 2.24) is 4.90 Å². The Kier molecular flexibility index (Phi) is 3.38. The van der Waals surface area contributed by atoms with E-state index in [2.05, 4.69) is 13.8 Å². The van der Waals surface area contributed by atoms with E-state index < -0.39 is 23.7 Å². The third-order valence-corrected chi connectivity index (χ3v) is 5.29. The molecule has 1 saturated heterocycles. The fourth-order valence-corrected chi connectivity index (χ4v) is 3.40. The third kappa shape index (κ3) is 2.02. The van der Waals surface area contributed by atoms with Gasteiger partial charge < -0.3 is 20.5 Å². The van der Waals surface area contributed by atoms with Gasteiger partial charge in [0.1, 0.15) is 12.1 Å². The van der Waals surface area contributed by atoms with E-state index in [0.29, 0.717) is 6.54 Å². The van der Waals surface area contributed by atoms with E-state index in [9.17, 15) is 14.7 Å². The lowest BCUT2D eigenvalue weighted by Crippen LogP contribution is -2.58. The minimum absolute atomic E-state index is 0.000700. The summed E-state index contributed by atoms with van der Waals surface area (Å²) in [7, 11) is 1.49. The third-order valence-electron chi connectivity index (χ3n) is 5.29. The molecule has 2 aliphatic rings. The topological polar surface area (TPSA) is 92.9 Å². The Hall–Kier alpha value is -1.14. The Labute approximate surface area is 119 Å². The van der Waals surface area contributed by atoms with Crippen LogP contribution in [0.5, 0.6) is 0 Å². The van der Waals surface area contributed by atoms with Crippen LogP contribution in [0.25, 0.3) is 0 Å². The summed E-state index contributed by atoms with van der Waals surface area (Å²) in [5, 5.41) is 9.44. The van der Waals surface area contributed by atoms with Gasteiger partial charge in [-0.15, -0.1) is 0 Å². The fourth-order valence-electron chi connectivity index (χ4n) is 3.40. The number of hydrogen-bond acceptors (Lipinski definition) is 4. The van der Waals surface area contributed by atoms with Gasteiger partial charge in [-0.05, 0) is 25.2 Å². The molecule has 2 rings (SSSR count). The molecule has 0 aromatic rings. The summed E-state index contributed by atoms with van der Waals surface area (Å²) < 4.78 is 5.23. The van der Waals surface area contributed by atoms with Crippen molar-refractivity contribution in [3.05, 3.63) is 0 Å². The number of nitrogens with two attached hydrogens (primary N) is 1. The van der Waals surface area contributed by atoms with Gasteiger partial charge in [0, 0.05) is 19.6 Å². The van der Waals surface area contributed by atoms with E-state index in [1.165, 1.54) is 12.0 Å². The molecule has 6 heteroatoms. The van der Waals surface area contributed by atoms with Crippen molar-refractivity contribution in [3.63, 3.8) is 0 Å². The van der Waals surface area contributed by atoms with Crippen LogP contribution in [0.4, 0.5) is 0 Å². The maximum atomic E-state index is 12.5. The zero-order chi connectivity index (χ0) is 15.5. The number of carbonyl (C=O) groups excluding carboxylic acids is 1. The molecule has 4 atom stereocenters. The second-order valence-corrected chi connectivity index (χ2v) is 7.01. The van der Waals surface area contributed by atoms with Gasteiger partial charge >= 0.3 is 5.97 Å². The summed E-state index contributed by atoms with van der Waals surface area (Å²) in [5.74, 6) is -1.00. The van der Waals surface area contributed by atoms with Gasteiger partial charge in [-0.25, -0.2) is 4.79 Å². The molecule has 20 heavy (non-hydrogen) atoms. The molecule has 1 heterocycles. The van der Waals surface area contributed by atoms with Crippen molar-refractivity contribution in [2.45, 2.75) is 45.4 Å². The van der Waals surface area contributed by atoms with Gasteiger partial charge in [0.15, 0.2) is 0 Å². The van der Waals surface area contributed by atoms with E-state index in [0.717, 1.165) is 0 Å². The SMILES string of the molecule is COC(C)(C)[C@H](N)C(=O)N1CC2C(C1C(=O)O)C2(C)C. The van der Waals surface area contributed by atoms with Crippen LogP contribution in [-0.2, 0) is 14.3 Å². The Balaban J connectivity index is 2.18. The number of aliphatic carboxylic acids is 1. The van der Waals surface area contributed by atoms with Gasteiger partial charge in [-0.3, -0.25) is 4.79 Å². The highest BCUT2D eigenvalue weighted by Crippen LogP contribution is 2.64. The second kappa shape index (κ2) is 4.43. The molecule has 1 aliphatic carbocycles. The number of likely N-dealkylation sites (tertiary alicyclic amines) is 1. The Morgan fingerprint density at radius 2 is 2.00 bits per heavy atom. The Bertz CT molecular complexity index is 446. The lowest BCUT2D eigenvalue weighted by Gasteiger charge is -2.35. The molecule has 3 unspecified atom stereocenters. The summed E-state index contributed by atoms with van der Waals surface area (Å²) in [6.45, 7) is 8.04. The van der Waals surface area contributed by atoms with Crippen LogP contribution in [0.3, 0.4) is 0 Å². The highest BCUT2D eigenvalue weighted by Gasteiger charge is 2.69. The zero-order valence-electron chi connectivity index (χ0n) is 12.7. The van der Waals surface area contributed by atoms with Crippen LogP contribution < -0.4 is 5.73 Å². The minimum Gasteiger partial charge on any atom is -0.480 e. The molecule has 0 radical (unpaired) electrons. The van der Waals surface area contributed by atoms with Gasteiger partial charge in [0.25, 0.3) is 0 Å². The molecule has 6 nitrogen and oxygen atoms in total. The molecular weight excluding hydrogens is 260 g/mol. The number of fused-ring (bicyclic) bond motifs is 1. The zero-order valence-corrected chi connectivity index (χ0v) is 12.7. The van der Waals surface area contributed by atoms with E-state index in [-0.39, 0.29) is 23.2 Å². The van der Waals surface area contributed by atoms with E-state index in [1.54, 1.807) is 13.8 Å². The standard InChI is InChI=1S/C14H24N2O4/c1-13(2)7-6-16(9(8(7)13)12(18)19)11(17)10(15)14(3,4)20-5/h7-10H,6,15H2,1-5H3,(H,18,19)/t7?,8?,9?,10-/m1/s1. The van der Waals surface area contributed by atoms with Crippen LogP contribution >= 0.6 is 0 Å². The smallest absolute Gasteiger partial charge is 0.326 e. The van der Waals surface area contributed by atoms with E-state index in [4.69, 9.17) is 10.5 Å². The van der Waals surface area contributed by atoms with Crippen molar-refractivity contribution >= 4 is 11.9 Å². The molecule has 1 saturated carbocycles. The predicted molar refractivity (Wildman–Crippen MR) is 73.0 cm³/mol. The first-order valence-corrected chi connectivity index (χ1v) is 6.89. The van der Waals surface area contributed by atoms with Crippen LogP contribution in [0.1, 0.15) is 27.7 Å². The lowest BCUT2D eigenvalue weighted by atomic mass is 9.95. The monoisotopic (exact) mass is 284 g/mol. The number of methoxy groups -OCH3 is 1. The number of piperidine rings is 1. The normalized spacial score (nSPS) is 32.7. The van der Waals surface area contributed by atoms with E-state index >= 15 is 0 Å². The first kappa shape index (κ1) is 15.3. The van der Waals surface area contributed by atoms with Gasteiger partial charge in [-0.1, -0.05) is 13.8 Å². The molecule has 1 amide bonds. The lowest BCUT2D eigenvalue weighted by molar-refractivity contribution is -0.153. The first-order chi connectivity index (χ1) is 9.05. The van der Waals surface area contributed by atoms with Crippen molar-refractivity contribution in [2.24, 2.45) is 23.0 Å². The van der Waals surface area contributed by atoms with Crippen LogP contribution in [0.15, 0.2) is 0 Å². The largest absolute Gasteiger partial charge is 0.480 e. The fraction of sp³-hybridized carbons (Fsp3) is 0.857. The molecular formula is C14H24N2O4. The van der Waals surface area contributed by atoms with Crippen molar-refractivity contribution in [3.8, 4) is 0 Å². The maximum absolute atomic E-state index is 12.5. The number of carbonyl (C=O) groups is 2. The molecule has 3 N–H and O–H groups in total. The average Bonchev–Trinajstić information content (AvgIpc) is 2.78. The number of carboxylic acids is 1. The number of carboxylic acid groups (broad SMARTS) is 1. The summed E-state index contributed by atoms with van der Waals surface area (Å²) >= 11 is 0. The first-order valence-electron chi connectivity index (χ1n) is 6.89. The molecule has 1 aliphatic heterocycles. The second-order valence-electron chi connectivity index (χ2n) is 7.01. The number of amides is 1. The van der Waals surface area contributed by atoms with Gasteiger partial charge in [0.05, 0.1) is 5.60 Å². The molecule has 2 fully saturated rings. The van der Waals surface area contributed by atoms with E-state index in [1.807, 2.05) is 0 Å². The maximum Gasteiger partial charge on any atom is 0.326 e. The number of rotatable bonds is 4. The number of nitrogens with zero attached hydrogens (tertiary/aromatic N) is 1. The van der Waals surface area contributed by atoms with Crippen LogP contribution in [0, 0.1) is 17.3 Å². The van der Waals surface area contributed by atoms with Crippen molar-refractivity contribution in [1.29, 1.82) is 0 Å². The minimum atomic E-state index is -0.946. The summed E-state index contributed by atoms with van der Waals surface area (Å²) in [6, 6.07) is -1.63. The van der Waals surface area contributed by atoms with Crippen molar-refractivity contribution in [2.75, 3.05) is 13.7 Å². The molecule has 0 aromatic heterocycles. The average molecular weight is 284 g/mol. The summed E-state index contributed by atoms with van der Waals surface area (Å²) in [6.07, 6.45) is 0. The number of hydrogen-bond donors (Lipinski definition) is 2. The van der Waals surface area contributed by atoms with Crippen LogP contribution in [0.2, 0.25) is 0 Å². The highest BCUT2D eigenvalue weighted by molar-refractivity contribution is 5.89. The summed E-state index contributed by atoms with van der Waals surface area (Å²) in [5.41, 5.74) is 5.15. The highest BCUT2D eigenvalue weighted by atomic mass is 16.5. The molecule has 0 spiro atoms. The van der Waals surface area contributed by atoms with Gasteiger partial charge in [0.2, 0.25) is 5.91 Å². The predicted octanol–water partition coefficient (Wildman–Crippen LogP) is 0.306. The molecule has 0 aromatic carbocycles. The molecule has 114 valence electrons. The quantitative estimate of drug-likeness (QED) is 0.775. The number of ether oxygens (including phenoxy) is 1. The van der Waals surface area contributed by atoms with Gasteiger partial charge in [-0.2, -0.15) is 0 Å².